The van der Waals surface area contributed by atoms with E-state index in [2.05, 4.69) is 0 Å². The van der Waals surface area contributed by atoms with E-state index in [4.69, 9.17) is 14.8 Å². The van der Waals surface area contributed by atoms with Gasteiger partial charge in [-0.15, -0.1) is 0 Å². The van der Waals surface area contributed by atoms with Gasteiger partial charge in [0.15, 0.2) is 0 Å². The molecule has 2 atom stereocenters. The van der Waals surface area contributed by atoms with E-state index in [0.717, 1.165) is 0 Å². The van der Waals surface area contributed by atoms with E-state index in [1.165, 1.54) is 0 Å². The van der Waals surface area contributed by atoms with Gasteiger partial charge in [-0.05, 0) is 24.5 Å². The van der Waals surface area contributed by atoms with E-state index in [1.54, 1.807) is 0 Å². The Bertz CT molecular complexity index is 166. The van der Waals surface area contributed by atoms with Crippen molar-refractivity contribution in [3.05, 3.63) is 0 Å². The van der Waals surface area contributed by atoms with Gasteiger partial charge in [0, 0.05) is 13.2 Å². The van der Waals surface area contributed by atoms with Crippen LogP contribution in [0.15, 0.2) is 0 Å². The van der Waals surface area contributed by atoms with Crippen LogP contribution in [0.1, 0.15) is 39.5 Å². The summed E-state index contributed by atoms with van der Waals surface area (Å²) >= 11 is 0. The van der Waals surface area contributed by atoms with Crippen molar-refractivity contribution in [3.8, 4) is 0 Å². The molecule has 0 aromatic rings. The van der Waals surface area contributed by atoms with Crippen LogP contribution in [-0.4, -0.2) is 47.7 Å². The van der Waals surface area contributed by atoms with Crippen LogP contribution in [0.5, 0.6) is 0 Å². The third kappa shape index (κ3) is 7.78. The zero-order valence-corrected chi connectivity index (χ0v) is 10.7. The molecular weight excluding hydrogens is 222 g/mol. The number of aliphatic hydroxyl groups is 2. The summed E-state index contributed by atoms with van der Waals surface area (Å²) in [7, 11) is -2.04. The van der Waals surface area contributed by atoms with Gasteiger partial charge in [0.05, 0.1) is 0 Å². The molecule has 0 aliphatic heterocycles. The van der Waals surface area contributed by atoms with Crippen LogP contribution in [0.25, 0.3) is 0 Å². The maximum atomic E-state index is 9.68. The first-order valence-corrected chi connectivity index (χ1v) is 6.26. The van der Waals surface area contributed by atoms with Crippen LogP contribution < -0.4 is 0 Å². The molecule has 7 heteroatoms. The van der Waals surface area contributed by atoms with E-state index in [-0.39, 0.29) is 24.8 Å². The van der Waals surface area contributed by atoms with Crippen LogP contribution in [0, 0.1) is 0 Å². The molecule has 17 heavy (non-hydrogen) atoms. The topological polar surface area (TPSA) is 90.2 Å². The molecule has 4 N–H and O–H groups in total. The quantitative estimate of drug-likeness (QED) is 0.416. The average molecular weight is 246 g/mol. The third-order valence-corrected chi connectivity index (χ3v) is 2.89. The van der Waals surface area contributed by atoms with Crippen molar-refractivity contribution >= 4 is 14.2 Å². The monoisotopic (exact) mass is 246 g/mol. The minimum Gasteiger partial charge on any atom is -0.451 e. The molecule has 100 valence electrons. The zero-order chi connectivity index (χ0) is 13.3. The first-order valence-electron chi connectivity index (χ1n) is 6.26. The highest BCUT2D eigenvalue weighted by atomic mass is 16.5. The summed E-state index contributed by atoms with van der Waals surface area (Å²) in [5.74, 6) is -0.247. The van der Waals surface area contributed by atoms with Crippen LogP contribution in [-0.2, 0) is 4.57 Å². The molecule has 0 saturated carbocycles. The standard InChI is InChI=1S/C10H24B2O5/c1-9(5-3-7-13)11(15)17-12(16)10(2)6-4-8-14/h9-10,13-16H,3-8H2,1-2H3. The van der Waals surface area contributed by atoms with Gasteiger partial charge in [-0.1, -0.05) is 26.7 Å². The van der Waals surface area contributed by atoms with E-state index < -0.39 is 14.2 Å². The lowest BCUT2D eigenvalue weighted by Gasteiger charge is -2.20. The minimum absolute atomic E-state index is 0.0898. The fraction of sp³-hybridized carbons (Fsp3) is 1.00. The van der Waals surface area contributed by atoms with E-state index in [9.17, 15) is 10.0 Å². The Hall–Kier alpha value is -0.0701. The number of hydrogen-bond acceptors (Lipinski definition) is 5. The molecule has 0 radical (unpaired) electrons. The second-order valence-electron chi connectivity index (χ2n) is 4.60. The Balaban J connectivity index is 3.87. The highest BCUT2D eigenvalue weighted by molar-refractivity contribution is 6.59. The minimum atomic E-state index is -1.02. The summed E-state index contributed by atoms with van der Waals surface area (Å²) in [6.07, 6.45) is 2.51. The maximum absolute atomic E-state index is 9.68. The lowest BCUT2D eigenvalue weighted by atomic mass is 9.64. The van der Waals surface area contributed by atoms with Gasteiger partial charge >= 0.3 is 14.2 Å². The van der Waals surface area contributed by atoms with Crippen molar-refractivity contribution in [2.75, 3.05) is 13.2 Å². The molecule has 2 unspecified atom stereocenters. The molecule has 0 aliphatic rings. The first kappa shape index (κ1) is 16.9. The Morgan fingerprint density at radius 3 is 1.53 bits per heavy atom. The van der Waals surface area contributed by atoms with Gasteiger partial charge in [-0.25, -0.2) is 0 Å². The highest BCUT2D eigenvalue weighted by Crippen LogP contribution is 2.20. The predicted molar refractivity (Wildman–Crippen MR) is 68.5 cm³/mol. The molecule has 5 nitrogen and oxygen atoms in total. The Kier molecular flexibility index (Phi) is 9.87. The first-order chi connectivity index (χ1) is 8.02. The summed E-state index contributed by atoms with van der Waals surface area (Å²) < 4.78 is 5.12. The number of rotatable bonds is 10. The molecule has 0 fully saturated rings. The van der Waals surface area contributed by atoms with E-state index >= 15 is 0 Å². The molecule has 0 bridgehead atoms. The Morgan fingerprint density at radius 2 is 1.24 bits per heavy atom. The molecule has 0 heterocycles. The Morgan fingerprint density at radius 1 is 0.882 bits per heavy atom. The van der Waals surface area contributed by atoms with Crippen molar-refractivity contribution in [3.63, 3.8) is 0 Å². The van der Waals surface area contributed by atoms with Crippen molar-refractivity contribution in [2.45, 2.75) is 51.2 Å². The van der Waals surface area contributed by atoms with Gasteiger partial charge in [0.25, 0.3) is 0 Å². The molecule has 0 amide bonds. The smallest absolute Gasteiger partial charge is 0.443 e. The van der Waals surface area contributed by atoms with E-state index in [1.807, 2.05) is 13.8 Å². The fourth-order valence-corrected chi connectivity index (χ4v) is 1.52. The predicted octanol–water partition coefficient (Wildman–Crippen LogP) is 0.289. The summed E-state index contributed by atoms with van der Waals surface area (Å²) in [6.45, 7) is 3.80. The third-order valence-electron chi connectivity index (χ3n) is 2.89. The molecule has 0 rings (SSSR count). The van der Waals surface area contributed by atoms with Gasteiger partial charge < -0.3 is 24.8 Å². The Labute approximate surface area is 104 Å². The lowest BCUT2D eigenvalue weighted by molar-refractivity contribution is 0.273. The normalized spacial score (nSPS) is 14.5. The van der Waals surface area contributed by atoms with Crippen LogP contribution in [0.3, 0.4) is 0 Å². The molecule has 0 aromatic carbocycles. The van der Waals surface area contributed by atoms with Crippen LogP contribution in [0.2, 0.25) is 11.6 Å². The average Bonchev–Trinajstić information content (AvgIpc) is 2.32. The largest absolute Gasteiger partial charge is 0.451 e. The van der Waals surface area contributed by atoms with Crippen molar-refractivity contribution in [1.29, 1.82) is 0 Å². The summed E-state index contributed by atoms with van der Waals surface area (Å²) in [5, 5.41) is 36.7. The fourth-order valence-electron chi connectivity index (χ4n) is 1.52. The molecule has 0 spiro atoms. The van der Waals surface area contributed by atoms with Gasteiger partial charge in [0.2, 0.25) is 0 Å². The molecule has 0 aliphatic carbocycles. The van der Waals surface area contributed by atoms with Gasteiger partial charge in [0.1, 0.15) is 0 Å². The van der Waals surface area contributed by atoms with Crippen LogP contribution in [0.4, 0.5) is 0 Å². The highest BCUT2D eigenvalue weighted by Gasteiger charge is 2.30. The molecular formula is C10H24B2O5. The number of hydrogen-bond donors (Lipinski definition) is 4. The summed E-state index contributed by atoms with van der Waals surface area (Å²) in [5.41, 5.74) is 0. The van der Waals surface area contributed by atoms with Gasteiger partial charge in [-0.2, -0.15) is 0 Å². The van der Waals surface area contributed by atoms with Crippen molar-refractivity contribution in [2.24, 2.45) is 0 Å². The summed E-state index contributed by atoms with van der Waals surface area (Å²) in [6, 6.07) is 0. The van der Waals surface area contributed by atoms with Gasteiger partial charge in [-0.3, -0.25) is 0 Å². The van der Waals surface area contributed by atoms with Crippen LogP contribution >= 0.6 is 0 Å². The lowest BCUT2D eigenvalue weighted by Crippen LogP contribution is -2.35. The SMILES string of the molecule is CC(CCCO)B(O)OB(O)C(C)CCCO. The summed E-state index contributed by atoms with van der Waals surface area (Å²) in [4.78, 5) is 0. The van der Waals surface area contributed by atoms with E-state index in [0.29, 0.717) is 25.7 Å². The second kappa shape index (κ2) is 9.91. The molecule has 0 saturated heterocycles. The van der Waals surface area contributed by atoms with Crippen molar-refractivity contribution < 1.29 is 24.8 Å². The van der Waals surface area contributed by atoms with Crippen molar-refractivity contribution in [1.82, 2.24) is 0 Å². The zero-order valence-electron chi connectivity index (χ0n) is 10.7. The molecule has 0 aromatic heterocycles. The maximum Gasteiger partial charge on any atom is 0.443 e. The second-order valence-corrected chi connectivity index (χ2v) is 4.60. The number of aliphatic hydroxyl groups excluding tert-OH is 2.